The van der Waals surface area contributed by atoms with E-state index in [4.69, 9.17) is 0 Å². The van der Waals surface area contributed by atoms with Crippen LogP contribution >= 0.6 is 0 Å². The van der Waals surface area contributed by atoms with Gasteiger partial charge in [0.2, 0.25) is 0 Å². The molecular formula is C50H78. The Bertz CT molecular complexity index is 1410. The molecule has 0 radical (unpaired) electrons. The minimum absolute atomic E-state index is 0.638. The largest absolute Gasteiger partial charge is 0.0850 e. The van der Waals surface area contributed by atoms with Gasteiger partial charge < -0.3 is 0 Å². The summed E-state index contributed by atoms with van der Waals surface area (Å²) in [6.07, 6.45) is 25.5. The average Bonchev–Trinajstić information content (AvgIpc) is 3.06. The molecule has 1 aromatic rings. The molecule has 0 saturated heterocycles. The van der Waals surface area contributed by atoms with Gasteiger partial charge in [-0.15, -0.1) is 0 Å². The van der Waals surface area contributed by atoms with Crippen LogP contribution in [0.5, 0.6) is 0 Å². The Hall–Kier alpha value is -2.60. The van der Waals surface area contributed by atoms with Crippen molar-refractivity contribution in [3.8, 4) is 0 Å². The van der Waals surface area contributed by atoms with Gasteiger partial charge in [0.25, 0.3) is 0 Å². The fourth-order valence-corrected chi connectivity index (χ4v) is 7.38. The van der Waals surface area contributed by atoms with Crippen LogP contribution in [0.2, 0.25) is 0 Å². The summed E-state index contributed by atoms with van der Waals surface area (Å²) in [6, 6.07) is 8.71. The Morgan fingerprint density at radius 3 is 1.58 bits per heavy atom. The summed E-state index contributed by atoms with van der Waals surface area (Å²) in [4.78, 5) is 0. The Balaban J connectivity index is 0.000000217. The van der Waals surface area contributed by atoms with E-state index in [1.54, 1.807) is 27.9 Å². The minimum Gasteiger partial charge on any atom is -0.0850 e. The first kappa shape index (κ1) is 43.6. The molecule has 6 aliphatic carbocycles. The second-order valence-corrected chi connectivity index (χ2v) is 17.7. The lowest BCUT2D eigenvalue weighted by molar-refractivity contribution is -0.00579. The van der Waals surface area contributed by atoms with E-state index in [1.807, 2.05) is 0 Å². The van der Waals surface area contributed by atoms with Gasteiger partial charge in [0, 0.05) is 0 Å². The van der Waals surface area contributed by atoms with E-state index >= 15 is 0 Å². The van der Waals surface area contributed by atoms with Crippen LogP contribution in [-0.2, 0) is 0 Å². The number of fused-ring (bicyclic) bond motifs is 1. The van der Waals surface area contributed by atoms with Gasteiger partial charge in [-0.2, -0.15) is 0 Å². The summed E-state index contributed by atoms with van der Waals surface area (Å²) in [6.45, 7) is 33.8. The Labute approximate surface area is 312 Å². The zero-order valence-corrected chi connectivity index (χ0v) is 35.5. The summed E-state index contributed by atoms with van der Waals surface area (Å²) in [7, 11) is 0. The van der Waals surface area contributed by atoms with Gasteiger partial charge in [0.05, 0.1) is 0 Å². The Morgan fingerprint density at radius 1 is 0.600 bits per heavy atom. The molecule has 2 bridgehead atoms. The molecule has 1 aromatic carbocycles. The van der Waals surface area contributed by atoms with Gasteiger partial charge in [0.1, 0.15) is 0 Å². The zero-order valence-electron chi connectivity index (χ0n) is 35.5. The van der Waals surface area contributed by atoms with Crippen molar-refractivity contribution >= 4 is 0 Å². The smallest absolute Gasteiger partial charge is 0.0133 e. The lowest BCUT2D eigenvalue weighted by Gasteiger charge is -2.56. The second kappa shape index (κ2) is 21.1. The number of benzene rings is 1. The second-order valence-electron chi connectivity index (χ2n) is 17.7. The third kappa shape index (κ3) is 14.6. The third-order valence-electron chi connectivity index (χ3n) is 12.0. The number of hydrogen-bond donors (Lipinski definition) is 0. The fourth-order valence-electron chi connectivity index (χ4n) is 7.38. The number of rotatable bonds is 3. The molecule has 7 rings (SSSR count). The van der Waals surface area contributed by atoms with Crippen LogP contribution in [0.15, 0.2) is 105 Å². The highest BCUT2D eigenvalue weighted by molar-refractivity contribution is 5.25. The van der Waals surface area contributed by atoms with Gasteiger partial charge in [-0.1, -0.05) is 166 Å². The van der Waals surface area contributed by atoms with Crippen molar-refractivity contribution in [2.24, 2.45) is 29.1 Å². The van der Waals surface area contributed by atoms with Crippen LogP contribution in [0.1, 0.15) is 172 Å². The molecule has 0 N–H and O–H groups in total. The molecule has 0 nitrogen and oxygen atoms in total. The van der Waals surface area contributed by atoms with E-state index in [-0.39, 0.29) is 0 Å². The SMILES string of the molecule is CC1=CC=C(C(C)C)CC1.CC1=CCC(=C(C)C)CC1.CC1=CCC(C(C)C)=CC1.CC1=CCC2CC1C2(C)C.Cc1ccc(C(C)C)cc1. The normalized spacial score (nSPS) is 21.8. The average molecular weight is 679 g/mol. The van der Waals surface area contributed by atoms with E-state index in [0.29, 0.717) is 11.3 Å². The maximum atomic E-state index is 2.43. The van der Waals surface area contributed by atoms with Gasteiger partial charge in [0.15, 0.2) is 0 Å². The predicted octanol–water partition coefficient (Wildman–Crippen LogP) is 16.2. The fraction of sp³-hybridized carbons (Fsp3) is 0.600. The number of hydrogen-bond acceptors (Lipinski definition) is 0. The quantitative estimate of drug-likeness (QED) is 0.279. The third-order valence-corrected chi connectivity index (χ3v) is 12.0. The molecule has 1 fully saturated rings. The van der Waals surface area contributed by atoms with Crippen molar-refractivity contribution in [1.29, 1.82) is 0 Å². The standard InChI is InChI=1S/4C10H16.C10H14/c1-7-4-5-8-6-9(7)10(8,2)3;4*1-8(2)10-6-4-9(3)5-7-10/h4,8-9H,5-6H2,1-3H3;4H,5-7H2,1-3H3;4,7-8H,5-6H2,1-3H3;4,6,8H,5,7H2,1-3H3;4-8H,1-3H3. The van der Waals surface area contributed by atoms with Crippen LogP contribution in [0, 0.1) is 36.0 Å². The molecule has 278 valence electrons. The molecule has 0 spiro atoms. The van der Waals surface area contributed by atoms with Crippen LogP contribution in [0.25, 0.3) is 0 Å². The molecule has 1 saturated carbocycles. The highest BCUT2D eigenvalue weighted by Gasteiger charge is 2.49. The van der Waals surface area contributed by atoms with Crippen LogP contribution < -0.4 is 0 Å². The van der Waals surface area contributed by atoms with Gasteiger partial charge >= 0.3 is 0 Å². The van der Waals surface area contributed by atoms with Gasteiger partial charge in [-0.05, 0) is 147 Å². The number of aryl methyl sites for hydroxylation is 1. The Morgan fingerprint density at radius 2 is 1.20 bits per heavy atom. The lowest BCUT2D eigenvalue weighted by Crippen LogP contribution is -2.47. The van der Waals surface area contributed by atoms with Crippen molar-refractivity contribution in [3.05, 3.63) is 116 Å². The van der Waals surface area contributed by atoms with Crippen LogP contribution in [-0.4, -0.2) is 0 Å². The Kier molecular flexibility index (Phi) is 18.3. The van der Waals surface area contributed by atoms with Gasteiger partial charge in [-0.25, -0.2) is 0 Å². The highest BCUT2D eigenvalue weighted by Crippen LogP contribution is 2.58. The molecule has 6 aliphatic rings. The first-order chi connectivity index (χ1) is 23.4. The van der Waals surface area contributed by atoms with E-state index < -0.39 is 0 Å². The molecule has 0 aliphatic heterocycles. The maximum Gasteiger partial charge on any atom is -0.0133 e. The van der Waals surface area contributed by atoms with Crippen LogP contribution in [0.3, 0.4) is 0 Å². The molecule has 0 aromatic heterocycles. The van der Waals surface area contributed by atoms with Crippen molar-refractivity contribution < 1.29 is 0 Å². The minimum atomic E-state index is 0.638. The summed E-state index contributed by atoms with van der Waals surface area (Å²) >= 11 is 0. The first-order valence-electron chi connectivity index (χ1n) is 20.2. The van der Waals surface area contributed by atoms with E-state index in [1.165, 1.54) is 85.6 Å². The molecular weight excluding hydrogens is 601 g/mol. The highest BCUT2D eigenvalue weighted by atomic mass is 14.5. The first-order valence-corrected chi connectivity index (χ1v) is 20.2. The van der Waals surface area contributed by atoms with E-state index in [0.717, 1.165) is 23.7 Å². The van der Waals surface area contributed by atoms with E-state index in [9.17, 15) is 0 Å². The predicted molar refractivity (Wildman–Crippen MR) is 227 cm³/mol. The molecule has 0 heterocycles. The van der Waals surface area contributed by atoms with E-state index in [2.05, 4.69) is 165 Å². The summed E-state index contributed by atoms with van der Waals surface area (Å²) in [5, 5.41) is 0. The maximum absolute atomic E-state index is 2.43. The summed E-state index contributed by atoms with van der Waals surface area (Å²) in [5.74, 6) is 4.06. The van der Waals surface area contributed by atoms with Crippen LogP contribution in [0.4, 0.5) is 0 Å². The zero-order chi connectivity index (χ0) is 37.6. The molecule has 0 amide bonds. The topological polar surface area (TPSA) is 0 Å². The number of allylic oxidation sites excluding steroid dienone is 14. The summed E-state index contributed by atoms with van der Waals surface area (Å²) < 4.78 is 0. The van der Waals surface area contributed by atoms with Crippen molar-refractivity contribution in [1.82, 2.24) is 0 Å². The summed E-state index contributed by atoms with van der Waals surface area (Å²) in [5.41, 5.74) is 16.0. The molecule has 2 atom stereocenters. The van der Waals surface area contributed by atoms with Gasteiger partial charge in [-0.3, -0.25) is 0 Å². The lowest BCUT2D eigenvalue weighted by atomic mass is 9.49. The molecule has 2 unspecified atom stereocenters. The van der Waals surface area contributed by atoms with Crippen molar-refractivity contribution in [2.45, 2.75) is 168 Å². The monoisotopic (exact) mass is 679 g/mol. The molecule has 0 heteroatoms. The molecule has 50 heavy (non-hydrogen) atoms. The van der Waals surface area contributed by atoms with Crippen molar-refractivity contribution in [3.63, 3.8) is 0 Å². The van der Waals surface area contributed by atoms with Crippen molar-refractivity contribution in [2.75, 3.05) is 0 Å².